The minimum atomic E-state index is -4.83. The quantitative estimate of drug-likeness (QED) is 0.309. The van der Waals surface area contributed by atoms with Gasteiger partial charge in [-0.2, -0.15) is 0 Å². The number of hydrogen-bond donors (Lipinski definition) is 3. The molecule has 2 aliphatic heterocycles. The molecule has 3 aliphatic rings. The number of carbonyl (C=O) groups is 2. The van der Waals surface area contributed by atoms with Crippen LogP contribution in [0.2, 0.25) is 0 Å². The summed E-state index contributed by atoms with van der Waals surface area (Å²) in [4.78, 5) is 49.4. The average molecular weight is 544 g/mol. The van der Waals surface area contributed by atoms with E-state index in [1.807, 2.05) is 13.8 Å². The van der Waals surface area contributed by atoms with Crippen LogP contribution in [0.3, 0.4) is 0 Å². The third-order valence-electron chi connectivity index (χ3n) is 7.19. The van der Waals surface area contributed by atoms with Crippen molar-refractivity contribution in [2.24, 2.45) is 11.8 Å². The Hall–Kier alpha value is -2.08. The van der Waals surface area contributed by atoms with E-state index in [4.69, 9.17) is 14.5 Å². The number of piperazine rings is 1. The molecule has 3 fully saturated rings. The van der Waals surface area contributed by atoms with E-state index in [-0.39, 0.29) is 43.1 Å². The number of nitrogens with zero attached hydrogens (tertiary/aromatic N) is 3. The molecular weight excluding hydrogens is 508 g/mol. The highest BCUT2D eigenvalue weighted by atomic mass is 31.2. The van der Waals surface area contributed by atoms with Crippen LogP contribution in [-0.2, 0) is 18.7 Å². The van der Waals surface area contributed by atoms with E-state index >= 15 is 0 Å². The third kappa shape index (κ3) is 6.68. The molecule has 0 spiro atoms. The van der Waals surface area contributed by atoms with Crippen molar-refractivity contribution in [3.63, 3.8) is 0 Å². The number of ether oxygens (including phenoxy) is 1. The first kappa shape index (κ1) is 27.9. The molecule has 37 heavy (non-hydrogen) atoms. The summed E-state index contributed by atoms with van der Waals surface area (Å²) in [5.41, 5.74) is 0.729. The number of rotatable bonds is 9. The van der Waals surface area contributed by atoms with Crippen LogP contribution >= 0.6 is 7.82 Å². The van der Waals surface area contributed by atoms with Crippen molar-refractivity contribution in [3.8, 4) is 5.75 Å². The van der Waals surface area contributed by atoms with Gasteiger partial charge in [0.15, 0.2) is 0 Å². The summed E-state index contributed by atoms with van der Waals surface area (Å²) in [6.45, 7) is 7.59. The fraction of sp³-hybridized carbons (Fsp3) is 0.667. The monoisotopic (exact) mass is 543 g/mol. The number of carbonyl (C=O) groups excluding carboxylic acids is 2. The SMILES string of the molecule is CC(C)Oc1ccc(F)cc1N1CCN(CCCN2C(=O)C3CC(O)C(OP(=O)(O)O)CC3C2=O)CC1. The zero-order chi connectivity index (χ0) is 26.9. The van der Waals surface area contributed by atoms with E-state index in [2.05, 4.69) is 14.3 Å². The fourth-order valence-corrected chi connectivity index (χ4v) is 6.05. The maximum absolute atomic E-state index is 13.9. The normalized spacial score (nSPS) is 27.2. The van der Waals surface area contributed by atoms with Crippen LogP contribution in [0.15, 0.2) is 18.2 Å². The van der Waals surface area contributed by atoms with Gasteiger partial charge in [0.25, 0.3) is 0 Å². The zero-order valence-corrected chi connectivity index (χ0v) is 21.9. The Morgan fingerprint density at radius 2 is 1.70 bits per heavy atom. The van der Waals surface area contributed by atoms with E-state index in [1.54, 1.807) is 6.07 Å². The Balaban J connectivity index is 1.27. The lowest BCUT2D eigenvalue weighted by atomic mass is 9.78. The number of phosphoric acid groups is 1. The Labute approximate surface area is 215 Å². The lowest BCUT2D eigenvalue weighted by Crippen LogP contribution is -2.47. The lowest BCUT2D eigenvalue weighted by Gasteiger charge is -2.37. The van der Waals surface area contributed by atoms with Crippen molar-refractivity contribution in [1.82, 2.24) is 9.80 Å². The van der Waals surface area contributed by atoms with Gasteiger partial charge in [-0.3, -0.25) is 23.9 Å². The highest BCUT2D eigenvalue weighted by Gasteiger charge is 2.53. The van der Waals surface area contributed by atoms with Gasteiger partial charge in [0, 0.05) is 38.8 Å². The molecule has 2 amide bonds. The van der Waals surface area contributed by atoms with Gasteiger partial charge in [-0.25, -0.2) is 8.96 Å². The number of aliphatic hydroxyl groups excluding tert-OH is 1. The molecule has 13 heteroatoms. The van der Waals surface area contributed by atoms with E-state index in [9.17, 15) is 23.7 Å². The predicted octanol–water partition coefficient (Wildman–Crippen LogP) is 1.36. The standard InChI is InChI=1S/C24H35FN3O8P/c1-15(2)35-21-5-4-16(25)12-19(21)27-10-8-26(9-11-27)6-3-7-28-23(30)17-13-20(29)22(36-37(32,33)34)14-18(17)24(28)31/h4-5,12,15,17-18,20,22,29H,3,6-11,13-14H2,1-2H3,(H2,32,33,34). The molecule has 0 bridgehead atoms. The van der Waals surface area contributed by atoms with E-state index in [0.29, 0.717) is 31.8 Å². The molecule has 2 heterocycles. The largest absolute Gasteiger partial charge is 0.489 e. The number of benzene rings is 1. The third-order valence-corrected chi connectivity index (χ3v) is 7.73. The molecule has 1 aromatic rings. The second-order valence-corrected chi connectivity index (χ2v) is 11.4. The van der Waals surface area contributed by atoms with Crippen LogP contribution in [0, 0.1) is 17.7 Å². The Morgan fingerprint density at radius 3 is 2.32 bits per heavy atom. The predicted molar refractivity (Wildman–Crippen MR) is 131 cm³/mol. The van der Waals surface area contributed by atoms with Crippen molar-refractivity contribution in [3.05, 3.63) is 24.0 Å². The van der Waals surface area contributed by atoms with E-state index < -0.39 is 31.9 Å². The lowest BCUT2D eigenvalue weighted by molar-refractivity contribution is -0.140. The maximum atomic E-state index is 13.9. The van der Waals surface area contributed by atoms with Crippen molar-refractivity contribution in [1.29, 1.82) is 0 Å². The Morgan fingerprint density at radius 1 is 1.05 bits per heavy atom. The van der Waals surface area contributed by atoms with Crippen molar-refractivity contribution in [2.45, 2.75) is 51.4 Å². The molecule has 11 nitrogen and oxygen atoms in total. The Kier molecular flexibility index (Phi) is 8.57. The molecule has 1 aromatic carbocycles. The first-order chi connectivity index (χ1) is 17.4. The van der Waals surface area contributed by atoms with Gasteiger partial charge in [-0.15, -0.1) is 0 Å². The van der Waals surface area contributed by atoms with Crippen LogP contribution in [0.4, 0.5) is 10.1 Å². The summed E-state index contributed by atoms with van der Waals surface area (Å²) in [7, 11) is -4.83. The van der Waals surface area contributed by atoms with Crippen molar-refractivity contribution >= 4 is 25.3 Å². The highest BCUT2D eigenvalue weighted by molar-refractivity contribution is 7.46. The van der Waals surface area contributed by atoms with Crippen molar-refractivity contribution < 1.29 is 42.7 Å². The van der Waals surface area contributed by atoms with Crippen LogP contribution < -0.4 is 9.64 Å². The fourth-order valence-electron chi connectivity index (χ4n) is 5.47. The minimum Gasteiger partial charge on any atom is -0.489 e. The Bertz CT molecular complexity index is 1040. The molecule has 2 saturated heterocycles. The molecule has 206 valence electrons. The summed E-state index contributed by atoms with van der Waals surface area (Å²) in [5, 5.41) is 10.2. The summed E-state index contributed by atoms with van der Waals surface area (Å²) < 4.78 is 35.6. The number of hydrogen-bond acceptors (Lipinski definition) is 8. The molecule has 0 aromatic heterocycles. The van der Waals surface area contributed by atoms with Crippen molar-refractivity contribution in [2.75, 3.05) is 44.2 Å². The van der Waals surface area contributed by atoms with Gasteiger partial charge in [-0.05, 0) is 51.8 Å². The van der Waals surface area contributed by atoms with E-state index in [1.165, 1.54) is 17.0 Å². The smallest absolute Gasteiger partial charge is 0.469 e. The average Bonchev–Trinajstić information content (AvgIpc) is 3.04. The molecule has 3 N–H and O–H groups in total. The summed E-state index contributed by atoms with van der Waals surface area (Å²) in [6.07, 6.45) is -2.06. The number of phosphoric ester groups is 1. The summed E-state index contributed by atoms with van der Waals surface area (Å²) in [6, 6.07) is 4.53. The highest BCUT2D eigenvalue weighted by Crippen LogP contribution is 2.45. The number of imide groups is 1. The number of halogens is 1. The molecule has 1 aliphatic carbocycles. The number of anilines is 1. The van der Waals surface area contributed by atoms with Gasteiger partial charge >= 0.3 is 7.82 Å². The maximum Gasteiger partial charge on any atom is 0.469 e. The molecule has 4 rings (SSSR count). The van der Waals surface area contributed by atoms with Gasteiger partial charge in [0.2, 0.25) is 11.8 Å². The first-order valence-corrected chi connectivity index (χ1v) is 14.2. The van der Waals surface area contributed by atoms with Gasteiger partial charge in [0.1, 0.15) is 11.6 Å². The van der Waals surface area contributed by atoms with Gasteiger partial charge < -0.3 is 24.5 Å². The summed E-state index contributed by atoms with van der Waals surface area (Å²) in [5.74, 6) is -1.84. The van der Waals surface area contributed by atoms with Crippen LogP contribution in [0.1, 0.15) is 33.1 Å². The topological polar surface area (TPSA) is 140 Å². The van der Waals surface area contributed by atoms with Gasteiger partial charge in [-0.1, -0.05) is 0 Å². The molecular formula is C24H35FN3O8P. The first-order valence-electron chi connectivity index (χ1n) is 12.6. The molecule has 4 unspecified atom stereocenters. The molecule has 0 radical (unpaired) electrons. The summed E-state index contributed by atoms with van der Waals surface area (Å²) >= 11 is 0. The number of likely N-dealkylation sites (tertiary alicyclic amines) is 1. The zero-order valence-electron chi connectivity index (χ0n) is 21.0. The minimum absolute atomic E-state index is 0.0295. The second-order valence-electron chi connectivity index (χ2n) is 10.2. The second kappa shape index (κ2) is 11.3. The van der Waals surface area contributed by atoms with Gasteiger partial charge in [0.05, 0.1) is 35.8 Å². The molecule has 1 saturated carbocycles. The van der Waals surface area contributed by atoms with Crippen LogP contribution in [0.25, 0.3) is 0 Å². The number of amides is 2. The molecule has 4 atom stereocenters. The number of aliphatic hydroxyl groups is 1. The van der Waals surface area contributed by atoms with E-state index in [0.717, 1.165) is 18.8 Å². The van der Waals surface area contributed by atoms with Crippen LogP contribution in [0.5, 0.6) is 5.75 Å². The number of fused-ring (bicyclic) bond motifs is 1. The van der Waals surface area contributed by atoms with Crippen LogP contribution in [-0.4, -0.2) is 94.1 Å².